The van der Waals surface area contributed by atoms with Crippen molar-refractivity contribution in [1.29, 1.82) is 0 Å². The second-order valence-electron chi connectivity index (χ2n) is 4.14. The van der Waals surface area contributed by atoms with Gasteiger partial charge in [0.15, 0.2) is 0 Å². The second-order valence-corrected chi connectivity index (χ2v) is 4.14. The van der Waals surface area contributed by atoms with Gasteiger partial charge in [-0.25, -0.2) is 0 Å². The Kier molecular flexibility index (Phi) is 4.55. The Hall–Kier alpha value is -0.410. The minimum absolute atomic E-state index is 0.273. The summed E-state index contributed by atoms with van der Waals surface area (Å²) in [7, 11) is 2.02. The topological polar surface area (TPSA) is 29.5 Å². The van der Waals surface area contributed by atoms with Gasteiger partial charge >= 0.3 is 0 Å². The minimum atomic E-state index is 0.273. The average Bonchev–Trinajstić information content (AvgIpc) is 2.51. The lowest BCUT2D eigenvalue weighted by molar-refractivity contribution is -0.120. The van der Waals surface area contributed by atoms with Crippen molar-refractivity contribution in [2.45, 2.75) is 45.3 Å². The Labute approximate surface area is 86.4 Å². The summed E-state index contributed by atoms with van der Waals surface area (Å²) < 4.78 is 5.48. The van der Waals surface area contributed by atoms with Gasteiger partial charge in [0.1, 0.15) is 5.78 Å². The molecule has 1 aliphatic heterocycles. The van der Waals surface area contributed by atoms with Gasteiger partial charge in [-0.3, -0.25) is 9.69 Å². The predicted molar refractivity (Wildman–Crippen MR) is 56.4 cm³/mol. The van der Waals surface area contributed by atoms with Crippen molar-refractivity contribution in [2.75, 3.05) is 20.2 Å². The molecule has 0 aromatic heterocycles. The van der Waals surface area contributed by atoms with Crippen molar-refractivity contribution in [2.24, 2.45) is 0 Å². The van der Waals surface area contributed by atoms with Crippen LogP contribution in [0.3, 0.4) is 0 Å². The largest absolute Gasteiger partial charge is 0.377 e. The molecule has 0 aromatic carbocycles. The van der Waals surface area contributed by atoms with E-state index in [1.54, 1.807) is 0 Å². The lowest BCUT2D eigenvalue weighted by Gasteiger charge is -2.25. The zero-order valence-electron chi connectivity index (χ0n) is 9.45. The standard InChI is InChI=1S/C11H21NO2/c1-4-5-10(13)8-12(3)11-6-7-14-9(11)2/h9,11H,4-8H2,1-3H3. The molecule has 1 heterocycles. The van der Waals surface area contributed by atoms with Crippen LogP contribution in [-0.4, -0.2) is 43.0 Å². The Balaban J connectivity index is 2.33. The van der Waals surface area contributed by atoms with Gasteiger partial charge in [0.25, 0.3) is 0 Å². The molecule has 0 radical (unpaired) electrons. The molecular weight excluding hydrogens is 178 g/mol. The van der Waals surface area contributed by atoms with Crippen LogP contribution in [0.25, 0.3) is 0 Å². The number of rotatable bonds is 5. The average molecular weight is 199 g/mol. The Bertz CT molecular complexity index is 194. The second kappa shape index (κ2) is 5.47. The minimum Gasteiger partial charge on any atom is -0.377 e. The SMILES string of the molecule is CCCC(=O)CN(C)C1CCOC1C. The number of likely N-dealkylation sites (N-methyl/N-ethyl adjacent to an activating group) is 1. The molecule has 2 atom stereocenters. The van der Waals surface area contributed by atoms with Crippen molar-refractivity contribution >= 4 is 5.78 Å². The molecule has 0 aliphatic carbocycles. The van der Waals surface area contributed by atoms with Gasteiger partial charge in [0, 0.05) is 19.1 Å². The van der Waals surface area contributed by atoms with Crippen molar-refractivity contribution in [3.8, 4) is 0 Å². The van der Waals surface area contributed by atoms with Gasteiger partial charge in [-0.05, 0) is 26.8 Å². The highest BCUT2D eigenvalue weighted by Gasteiger charge is 2.28. The van der Waals surface area contributed by atoms with E-state index in [2.05, 4.69) is 11.8 Å². The third-order valence-corrected chi connectivity index (χ3v) is 2.86. The molecule has 0 saturated carbocycles. The summed E-state index contributed by atoms with van der Waals surface area (Å²) >= 11 is 0. The third-order valence-electron chi connectivity index (χ3n) is 2.86. The van der Waals surface area contributed by atoms with Gasteiger partial charge in [0.05, 0.1) is 12.6 Å². The van der Waals surface area contributed by atoms with Crippen LogP contribution in [0.1, 0.15) is 33.1 Å². The first-order valence-electron chi connectivity index (χ1n) is 5.48. The highest BCUT2D eigenvalue weighted by molar-refractivity contribution is 5.80. The van der Waals surface area contributed by atoms with Gasteiger partial charge in [0.2, 0.25) is 0 Å². The number of nitrogens with zero attached hydrogens (tertiary/aromatic N) is 1. The van der Waals surface area contributed by atoms with Crippen LogP contribution < -0.4 is 0 Å². The molecule has 14 heavy (non-hydrogen) atoms. The van der Waals surface area contributed by atoms with Gasteiger partial charge in [-0.2, -0.15) is 0 Å². The molecule has 1 fully saturated rings. The molecule has 1 rings (SSSR count). The van der Waals surface area contributed by atoms with Crippen molar-refractivity contribution < 1.29 is 9.53 Å². The quantitative estimate of drug-likeness (QED) is 0.671. The predicted octanol–water partition coefficient (Wildman–Crippen LogP) is 1.46. The molecule has 1 aliphatic rings. The number of ether oxygens (including phenoxy) is 1. The summed E-state index contributed by atoms with van der Waals surface area (Å²) in [6.45, 7) is 5.53. The Morgan fingerprint density at radius 2 is 2.29 bits per heavy atom. The van der Waals surface area contributed by atoms with Gasteiger partial charge in [-0.15, -0.1) is 0 Å². The van der Waals surface area contributed by atoms with Crippen LogP contribution in [0.4, 0.5) is 0 Å². The van der Waals surface area contributed by atoms with E-state index in [9.17, 15) is 4.79 Å². The van der Waals surface area contributed by atoms with Gasteiger partial charge < -0.3 is 4.74 Å². The maximum absolute atomic E-state index is 11.4. The monoisotopic (exact) mass is 199 g/mol. The lowest BCUT2D eigenvalue weighted by atomic mass is 10.1. The molecular formula is C11H21NO2. The summed E-state index contributed by atoms with van der Waals surface area (Å²) in [5.74, 6) is 0.342. The molecule has 0 aromatic rings. The Morgan fingerprint density at radius 3 is 2.79 bits per heavy atom. The normalized spacial score (nSPS) is 27.1. The van der Waals surface area contributed by atoms with Crippen LogP contribution in [0.5, 0.6) is 0 Å². The van der Waals surface area contributed by atoms with E-state index in [-0.39, 0.29) is 6.10 Å². The summed E-state index contributed by atoms with van der Waals surface area (Å²) in [5, 5.41) is 0. The van der Waals surface area contributed by atoms with Crippen molar-refractivity contribution in [3.63, 3.8) is 0 Å². The summed E-state index contributed by atoms with van der Waals surface area (Å²) in [6, 6.07) is 0.427. The molecule has 82 valence electrons. The van der Waals surface area contributed by atoms with Crippen LogP contribution in [0.15, 0.2) is 0 Å². The zero-order chi connectivity index (χ0) is 10.6. The molecule has 0 bridgehead atoms. The van der Waals surface area contributed by atoms with Crippen LogP contribution >= 0.6 is 0 Å². The molecule has 0 amide bonds. The first kappa shape index (κ1) is 11.7. The van der Waals surface area contributed by atoms with Crippen molar-refractivity contribution in [3.05, 3.63) is 0 Å². The summed E-state index contributed by atoms with van der Waals surface area (Å²) in [5.41, 5.74) is 0. The summed E-state index contributed by atoms with van der Waals surface area (Å²) in [6.07, 6.45) is 2.97. The molecule has 0 spiro atoms. The molecule has 0 N–H and O–H groups in total. The maximum Gasteiger partial charge on any atom is 0.146 e. The fraction of sp³-hybridized carbons (Fsp3) is 0.909. The Morgan fingerprint density at radius 1 is 1.57 bits per heavy atom. The fourth-order valence-corrected chi connectivity index (χ4v) is 2.05. The first-order valence-corrected chi connectivity index (χ1v) is 5.48. The molecule has 3 heteroatoms. The van der Waals surface area contributed by atoms with E-state index in [1.807, 2.05) is 14.0 Å². The van der Waals surface area contributed by atoms with Crippen molar-refractivity contribution in [1.82, 2.24) is 4.90 Å². The zero-order valence-corrected chi connectivity index (χ0v) is 9.45. The molecule has 2 unspecified atom stereocenters. The van der Waals surface area contributed by atoms with E-state index in [4.69, 9.17) is 4.74 Å². The van der Waals surface area contributed by atoms with E-state index in [1.165, 1.54) is 0 Å². The number of hydrogen-bond acceptors (Lipinski definition) is 3. The number of carbonyl (C=O) groups is 1. The van der Waals surface area contributed by atoms with E-state index in [0.717, 1.165) is 19.4 Å². The van der Waals surface area contributed by atoms with Gasteiger partial charge in [-0.1, -0.05) is 6.92 Å². The van der Waals surface area contributed by atoms with Crippen LogP contribution in [0.2, 0.25) is 0 Å². The maximum atomic E-state index is 11.4. The highest BCUT2D eigenvalue weighted by Crippen LogP contribution is 2.17. The highest BCUT2D eigenvalue weighted by atomic mass is 16.5. The molecule has 3 nitrogen and oxygen atoms in total. The van der Waals surface area contributed by atoms with E-state index in [0.29, 0.717) is 24.8 Å². The summed E-state index contributed by atoms with van der Waals surface area (Å²) in [4.78, 5) is 13.6. The lowest BCUT2D eigenvalue weighted by Crippen LogP contribution is -2.39. The van der Waals surface area contributed by atoms with Crippen LogP contribution in [0, 0.1) is 0 Å². The number of Topliss-reactive ketones (excluding diaryl/α,β-unsaturated/α-hetero) is 1. The smallest absolute Gasteiger partial charge is 0.146 e. The number of hydrogen-bond donors (Lipinski definition) is 0. The van der Waals surface area contributed by atoms with Crippen LogP contribution in [-0.2, 0) is 9.53 Å². The first-order chi connectivity index (χ1) is 6.65. The number of ketones is 1. The van der Waals surface area contributed by atoms with E-state index >= 15 is 0 Å². The third kappa shape index (κ3) is 3.07. The molecule has 1 saturated heterocycles. The number of carbonyl (C=O) groups excluding carboxylic acids is 1. The van der Waals surface area contributed by atoms with E-state index < -0.39 is 0 Å². The fourth-order valence-electron chi connectivity index (χ4n) is 2.05.